The second kappa shape index (κ2) is 10.6. The van der Waals surface area contributed by atoms with Gasteiger partial charge in [0.25, 0.3) is 0 Å². The lowest BCUT2D eigenvalue weighted by Gasteiger charge is -2.10. The van der Waals surface area contributed by atoms with Crippen LogP contribution in [0.5, 0.6) is 0 Å². The first-order chi connectivity index (χ1) is 19.6. The lowest BCUT2D eigenvalue weighted by molar-refractivity contribution is 0.402. The second-order valence-corrected chi connectivity index (χ2v) is 13.1. The van der Waals surface area contributed by atoms with Crippen molar-refractivity contribution in [3.63, 3.8) is 0 Å². The Morgan fingerprint density at radius 1 is 0.854 bits per heavy atom. The summed E-state index contributed by atoms with van der Waals surface area (Å²) in [5, 5.41) is 9.68. The highest BCUT2D eigenvalue weighted by Crippen LogP contribution is 2.36. The number of benzene rings is 3. The number of H-pyrrole nitrogens is 2. The third-order valence-corrected chi connectivity index (χ3v) is 8.08. The molecule has 0 saturated heterocycles. The number of aromatic amines is 2. The molecule has 41 heavy (non-hydrogen) atoms. The van der Waals surface area contributed by atoms with E-state index in [1.54, 1.807) is 0 Å². The van der Waals surface area contributed by atoms with Crippen LogP contribution in [0.2, 0.25) is 0 Å². The summed E-state index contributed by atoms with van der Waals surface area (Å²) >= 11 is 0. The molecule has 7 nitrogen and oxygen atoms in total. The van der Waals surface area contributed by atoms with E-state index in [0.717, 1.165) is 62.0 Å². The Morgan fingerprint density at radius 2 is 1.68 bits per heavy atom. The van der Waals surface area contributed by atoms with Crippen molar-refractivity contribution in [3.05, 3.63) is 96.1 Å². The number of halogens is 1. The first-order valence-corrected chi connectivity index (χ1v) is 15.4. The number of pyridine rings is 1. The molecule has 0 aliphatic heterocycles. The zero-order valence-corrected chi connectivity index (χ0v) is 23.9. The molecule has 6 aromatic rings. The maximum Gasteiger partial charge on any atom is 0.147 e. The van der Waals surface area contributed by atoms with Crippen LogP contribution < -0.4 is 0 Å². The van der Waals surface area contributed by atoms with Crippen molar-refractivity contribution in [2.75, 3.05) is 26.1 Å². The smallest absolute Gasteiger partial charge is 0.147 e. The van der Waals surface area contributed by atoms with Crippen LogP contribution in [-0.4, -0.2) is 59.6 Å². The monoisotopic (exact) mass is 567 g/mol. The molecule has 0 atom stereocenters. The summed E-state index contributed by atoms with van der Waals surface area (Å²) in [5.74, 6) is -0.424. The molecule has 0 aliphatic rings. The third-order valence-electron chi connectivity index (χ3n) is 7.14. The normalized spacial score (nSPS) is 12.1. The molecule has 0 unspecified atom stereocenters. The largest absolute Gasteiger partial charge is 0.353 e. The number of fused-ring (bicyclic) bond motifs is 2. The lowest BCUT2D eigenvalue weighted by Crippen LogP contribution is -2.10. The van der Waals surface area contributed by atoms with Crippen molar-refractivity contribution in [2.45, 2.75) is 13.0 Å². The highest BCUT2D eigenvalue weighted by atomic mass is 32.2. The standard InChI is InChI=1S/C32H30FN5O2S/c1-38(2)19-21-12-24(18-34-17-21)22-7-8-30-28(15-22)32(37-36-30)31-16-27-26(5-4-6-29(27)35-31)23-11-20(13-25(33)14-23)9-10-41(3,39)40/h4-8,11-18,35H,9-10,19H2,1-3H3,(H,36,37). The van der Waals surface area contributed by atoms with Gasteiger partial charge in [-0.1, -0.05) is 24.3 Å². The molecular formula is C32H30FN5O2S. The summed E-state index contributed by atoms with van der Waals surface area (Å²) in [6.45, 7) is 0.807. The van der Waals surface area contributed by atoms with Gasteiger partial charge in [-0.25, -0.2) is 12.8 Å². The molecule has 3 aromatic carbocycles. The topological polar surface area (TPSA) is 94.7 Å². The lowest BCUT2D eigenvalue weighted by atomic mass is 9.98. The number of hydrogen-bond donors (Lipinski definition) is 2. The Morgan fingerprint density at radius 3 is 2.49 bits per heavy atom. The quantitative estimate of drug-likeness (QED) is 0.227. The summed E-state index contributed by atoms with van der Waals surface area (Å²) in [7, 11) is 0.915. The molecule has 0 radical (unpaired) electrons. The van der Waals surface area contributed by atoms with Crippen molar-refractivity contribution in [2.24, 2.45) is 0 Å². The predicted molar refractivity (Wildman–Crippen MR) is 163 cm³/mol. The SMILES string of the molecule is CN(C)Cc1cncc(-c2ccc3[nH]nc(-c4cc5c(-c6cc(F)cc(CCS(C)(=O)=O)c6)cccc5[nH]4)c3c2)c1. The van der Waals surface area contributed by atoms with Crippen LogP contribution in [0.1, 0.15) is 11.1 Å². The zero-order valence-electron chi connectivity index (χ0n) is 23.1. The average Bonchev–Trinajstić information content (AvgIpc) is 3.54. The molecule has 0 amide bonds. The molecule has 9 heteroatoms. The van der Waals surface area contributed by atoms with Gasteiger partial charge >= 0.3 is 0 Å². The molecule has 2 N–H and O–H groups in total. The molecule has 0 spiro atoms. The van der Waals surface area contributed by atoms with E-state index in [-0.39, 0.29) is 12.2 Å². The Kier molecular flexibility index (Phi) is 6.93. The molecule has 0 bridgehead atoms. The molecule has 0 fully saturated rings. The van der Waals surface area contributed by atoms with Crippen LogP contribution in [0.4, 0.5) is 4.39 Å². The number of aryl methyl sites for hydroxylation is 1. The summed E-state index contributed by atoms with van der Waals surface area (Å²) in [6, 6.07) is 21.0. The maximum atomic E-state index is 14.6. The predicted octanol–water partition coefficient (Wildman–Crippen LogP) is 6.23. The van der Waals surface area contributed by atoms with Gasteiger partial charge in [-0.3, -0.25) is 10.1 Å². The molecular weight excluding hydrogens is 537 g/mol. The summed E-state index contributed by atoms with van der Waals surface area (Å²) < 4.78 is 38.0. The van der Waals surface area contributed by atoms with Crippen LogP contribution in [0, 0.1) is 5.82 Å². The number of nitrogens with zero attached hydrogens (tertiary/aromatic N) is 3. The van der Waals surface area contributed by atoms with Crippen LogP contribution in [0.25, 0.3) is 55.4 Å². The Labute approximate surface area is 238 Å². The van der Waals surface area contributed by atoms with E-state index in [9.17, 15) is 12.8 Å². The minimum atomic E-state index is -3.16. The van der Waals surface area contributed by atoms with Crippen molar-refractivity contribution in [3.8, 4) is 33.6 Å². The van der Waals surface area contributed by atoms with Gasteiger partial charge in [-0.15, -0.1) is 0 Å². The zero-order chi connectivity index (χ0) is 28.7. The average molecular weight is 568 g/mol. The summed E-state index contributed by atoms with van der Waals surface area (Å²) in [4.78, 5) is 10.1. The summed E-state index contributed by atoms with van der Waals surface area (Å²) in [5.41, 5.74) is 8.86. The van der Waals surface area contributed by atoms with E-state index in [1.165, 1.54) is 18.4 Å². The first-order valence-electron chi connectivity index (χ1n) is 13.3. The number of hydrogen-bond acceptors (Lipinski definition) is 5. The van der Waals surface area contributed by atoms with Crippen LogP contribution in [0.3, 0.4) is 0 Å². The van der Waals surface area contributed by atoms with Gasteiger partial charge in [0.1, 0.15) is 21.3 Å². The van der Waals surface area contributed by atoms with Crippen LogP contribution in [-0.2, 0) is 22.8 Å². The first kappa shape index (κ1) is 26.9. The fourth-order valence-electron chi connectivity index (χ4n) is 5.28. The Hall–Kier alpha value is -4.34. The van der Waals surface area contributed by atoms with E-state index in [4.69, 9.17) is 0 Å². The van der Waals surface area contributed by atoms with Gasteiger partial charge in [-0.05, 0) is 90.8 Å². The van der Waals surface area contributed by atoms with Gasteiger partial charge < -0.3 is 9.88 Å². The second-order valence-electron chi connectivity index (χ2n) is 10.8. The fraction of sp³-hybridized carbons (Fsp3) is 0.188. The summed E-state index contributed by atoms with van der Waals surface area (Å²) in [6.07, 6.45) is 5.21. The molecule has 6 rings (SSSR count). The van der Waals surface area contributed by atoms with Gasteiger partial charge in [-0.2, -0.15) is 5.10 Å². The molecule has 0 saturated carbocycles. The van der Waals surface area contributed by atoms with E-state index in [1.807, 2.05) is 62.9 Å². The molecule has 0 aliphatic carbocycles. The number of nitrogens with one attached hydrogen (secondary N) is 2. The highest BCUT2D eigenvalue weighted by molar-refractivity contribution is 7.90. The van der Waals surface area contributed by atoms with Gasteiger partial charge in [0.05, 0.1) is 17.0 Å². The van der Waals surface area contributed by atoms with E-state index in [0.29, 0.717) is 11.1 Å². The maximum absolute atomic E-state index is 14.6. The third kappa shape index (κ3) is 5.77. The van der Waals surface area contributed by atoms with Gasteiger partial charge in [0, 0.05) is 47.0 Å². The van der Waals surface area contributed by atoms with Gasteiger partial charge in [0.2, 0.25) is 0 Å². The molecule has 3 heterocycles. The number of rotatable bonds is 8. The molecule has 208 valence electrons. The van der Waals surface area contributed by atoms with Gasteiger partial charge in [0.15, 0.2) is 0 Å². The highest BCUT2D eigenvalue weighted by Gasteiger charge is 2.16. The molecule has 3 aromatic heterocycles. The van der Waals surface area contributed by atoms with Crippen molar-refractivity contribution >= 4 is 31.6 Å². The van der Waals surface area contributed by atoms with E-state index >= 15 is 0 Å². The van der Waals surface area contributed by atoms with E-state index in [2.05, 4.69) is 43.3 Å². The van der Waals surface area contributed by atoms with Crippen molar-refractivity contribution in [1.29, 1.82) is 0 Å². The Balaban J connectivity index is 1.40. The van der Waals surface area contributed by atoms with Crippen molar-refractivity contribution in [1.82, 2.24) is 25.1 Å². The van der Waals surface area contributed by atoms with Crippen LogP contribution >= 0.6 is 0 Å². The number of sulfone groups is 1. The van der Waals surface area contributed by atoms with E-state index < -0.39 is 15.7 Å². The minimum Gasteiger partial charge on any atom is -0.353 e. The number of aromatic nitrogens is 4. The minimum absolute atomic E-state index is 0.0291. The Bertz CT molecular complexity index is 2010. The fourth-order valence-corrected chi connectivity index (χ4v) is 5.89. The van der Waals surface area contributed by atoms with Crippen molar-refractivity contribution < 1.29 is 12.8 Å². The van der Waals surface area contributed by atoms with Crippen LogP contribution in [0.15, 0.2) is 79.1 Å².